The molecular weight excluding hydrogens is 356 g/mol. The Morgan fingerprint density at radius 1 is 1.43 bits per heavy atom. The fourth-order valence-corrected chi connectivity index (χ4v) is 4.27. The summed E-state index contributed by atoms with van der Waals surface area (Å²) < 4.78 is 6.55. The molecule has 0 spiro atoms. The van der Waals surface area contributed by atoms with E-state index >= 15 is 0 Å². The molecule has 1 aromatic heterocycles. The van der Waals surface area contributed by atoms with E-state index in [4.69, 9.17) is 9.72 Å². The zero-order chi connectivity index (χ0) is 20.1. The van der Waals surface area contributed by atoms with Crippen LogP contribution in [0.4, 0.5) is 0 Å². The number of methoxy groups -OCH3 is 1. The second-order valence-corrected chi connectivity index (χ2v) is 7.70. The van der Waals surface area contributed by atoms with Gasteiger partial charge in [-0.2, -0.15) is 0 Å². The highest BCUT2D eigenvalue weighted by molar-refractivity contribution is 5.77. The van der Waals surface area contributed by atoms with Gasteiger partial charge in [0.15, 0.2) is 5.82 Å². The lowest BCUT2D eigenvalue weighted by atomic mass is 10.1. The van der Waals surface area contributed by atoms with Crippen LogP contribution in [0.25, 0.3) is 10.9 Å². The Kier molecular flexibility index (Phi) is 6.80. The first-order chi connectivity index (χ1) is 13.5. The first kappa shape index (κ1) is 20.5. The van der Waals surface area contributed by atoms with Crippen LogP contribution in [0.15, 0.2) is 29.1 Å². The van der Waals surface area contributed by atoms with Gasteiger partial charge in [0.2, 0.25) is 0 Å². The van der Waals surface area contributed by atoms with Gasteiger partial charge in [-0.25, -0.2) is 4.98 Å². The molecule has 0 amide bonds. The number of carbonyl (C=O) groups is 1. The summed E-state index contributed by atoms with van der Waals surface area (Å²) in [5.74, 6) is 0.599. The lowest BCUT2D eigenvalue weighted by Gasteiger charge is -2.33. The van der Waals surface area contributed by atoms with Crippen LogP contribution < -0.4 is 15.8 Å². The monoisotopic (exact) mass is 388 g/mol. The van der Waals surface area contributed by atoms with Crippen LogP contribution >= 0.6 is 0 Å². The molecule has 1 aliphatic heterocycles. The van der Waals surface area contributed by atoms with E-state index in [1.807, 2.05) is 24.3 Å². The number of hydrogen-bond donors (Lipinski definition) is 2. The van der Waals surface area contributed by atoms with Crippen molar-refractivity contribution in [3.63, 3.8) is 0 Å². The maximum atomic E-state index is 13.3. The molecule has 1 unspecified atom stereocenters. The van der Waals surface area contributed by atoms with Crippen LogP contribution in [-0.4, -0.2) is 48.3 Å². The zero-order valence-electron chi connectivity index (χ0n) is 17.1. The minimum Gasteiger partial charge on any atom is -0.469 e. The molecule has 1 saturated heterocycles. The van der Waals surface area contributed by atoms with E-state index in [2.05, 4.69) is 19.2 Å². The number of hydrogen-bond acceptors (Lipinski definition) is 4. The first-order valence-electron chi connectivity index (χ1n) is 10.3. The smallest absolute Gasteiger partial charge is 0.305 e. The Morgan fingerprint density at radius 3 is 2.93 bits per heavy atom. The molecule has 1 aliphatic rings. The molecule has 2 heterocycles. The van der Waals surface area contributed by atoms with Crippen molar-refractivity contribution >= 4 is 16.9 Å². The second kappa shape index (κ2) is 9.30. The molecule has 2 aromatic rings. The molecule has 3 N–H and O–H groups in total. The minimum absolute atomic E-state index is 0.0139. The summed E-state index contributed by atoms with van der Waals surface area (Å²) in [6.45, 7) is 8.11. The van der Waals surface area contributed by atoms with Gasteiger partial charge in [-0.05, 0) is 25.5 Å². The van der Waals surface area contributed by atoms with Gasteiger partial charge in [0.05, 0.1) is 18.0 Å². The summed E-state index contributed by atoms with van der Waals surface area (Å²) in [5.41, 5.74) is 0.737. The van der Waals surface area contributed by atoms with Crippen LogP contribution in [0.3, 0.4) is 0 Å². The van der Waals surface area contributed by atoms with Crippen molar-refractivity contribution in [2.24, 2.45) is 0 Å². The molecule has 152 valence electrons. The number of benzene rings is 1. The van der Waals surface area contributed by atoms with E-state index in [-0.39, 0.29) is 17.6 Å². The predicted octanol–water partition coefficient (Wildman–Crippen LogP) is -0.349. The van der Waals surface area contributed by atoms with E-state index in [1.54, 1.807) is 4.57 Å². The van der Waals surface area contributed by atoms with E-state index in [1.165, 1.54) is 12.0 Å². The number of rotatable bonds is 7. The molecular formula is C21H32N4O3+2. The third-order valence-electron chi connectivity index (χ3n) is 5.71. The van der Waals surface area contributed by atoms with Crippen molar-refractivity contribution in [3.05, 3.63) is 40.4 Å². The van der Waals surface area contributed by atoms with Gasteiger partial charge in [-0.1, -0.05) is 19.1 Å². The van der Waals surface area contributed by atoms with E-state index in [0.29, 0.717) is 30.8 Å². The molecule has 0 saturated carbocycles. The van der Waals surface area contributed by atoms with Gasteiger partial charge in [-0.15, -0.1) is 0 Å². The molecule has 0 aliphatic carbocycles. The molecule has 0 bridgehead atoms. The highest BCUT2D eigenvalue weighted by Gasteiger charge is 2.32. The third kappa shape index (κ3) is 4.42. The van der Waals surface area contributed by atoms with E-state index in [0.717, 1.165) is 37.4 Å². The molecule has 1 fully saturated rings. The minimum atomic E-state index is -0.249. The fraction of sp³-hybridized carbons (Fsp3) is 0.571. The maximum Gasteiger partial charge on any atom is 0.305 e. The first-order valence-corrected chi connectivity index (χ1v) is 10.3. The summed E-state index contributed by atoms with van der Waals surface area (Å²) in [5, 5.41) is 3.02. The van der Waals surface area contributed by atoms with E-state index in [9.17, 15) is 9.59 Å². The lowest BCUT2D eigenvalue weighted by molar-refractivity contribution is -0.981. The topological polar surface area (TPSA) is 82.2 Å². The van der Waals surface area contributed by atoms with Gasteiger partial charge < -0.3 is 15.0 Å². The number of nitrogens with one attached hydrogen (secondary N) is 1. The Morgan fingerprint density at radius 2 is 2.21 bits per heavy atom. The maximum absolute atomic E-state index is 13.3. The Balaban J connectivity index is 2.01. The Bertz CT molecular complexity index is 880. The number of aromatic nitrogens is 2. The normalized spacial score (nSPS) is 20.8. The summed E-state index contributed by atoms with van der Waals surface area (Å²) in [7, 11) is 1.39. The van der Waals surface area contributed by atoms with Gasteiger partial charge in [0.25, 0.3) is 5.56 Å². The molecule has 28 heavy (non-hydrogen) atoms. The lowest BCUT2D eigenvalue weighted by Crippen LogP contribution is -3.22. The molecule has 3 rings (SSSR count). The number of fused-ring (bicyclic) bond motifs is 1. The number of carbonyl (C=O) groups excluding carboxylic acids is 1. The number of piperazine rings is 1. The van der Waals surface area contributed by atoms with Crippen molar-refractivity contribution < 1.29 is 19.7 Å². The van der Waals surface area contributed by atoms with Crippen LogP contribution in [0.2, 0.25) is 0 Å². The predicted molar refractivity (Wildman–Crippen MR) is 107 cm³/mol. The molecule has 7 heteroatoms. The highest BCUT2D eigenvalue weighted by atomic mass is 16.5. The average molecular weight is 389 g/mol. The van der Waals surface area contributed by atoms with Gasteiger partial charge in [0, 0.05) is 19.4 Å². The zero-order valence-corrected chi connectivity index (χ0v) is 17.1. The highest BCUT2D eigenvalue weighted by Crippen LogP contribution is 2.16. The van der Waals surface area contributed by atoms with E-state index < -0.39 is 0 Å². The molecule has 7 nitrogen and oxygen atoms in total. The number of esters is 1. The standard InChI is InChI=1S/C21H30N4O3/c1-4-18(24-13-11-22-15(2)14-24)20-23-17-9-6-5-8-16(17)21(27)25(20)12-7-10-19(26)28-3/h5-6,8-9,15,18,22H,4,7,10-14H2,1-3H3/p+2/t15-,18-/m1/s1. The van der Waals surface area contributed by atoms with Crippen molar-refractivity contribution in [1.82, 2.24) is 9.55 Å². The number of nitrogens with zero attached hydrogens (tertiary/aromatic N) is 2. The SMILES string of the molecule is CC[C@H](c1nc2ccccc2c(=O)n1CCCC(=O)OC)[NH+]1CC[NH2+][C@H](C)C1. The van der Waals surface area contributed by atoms with Crippen LogP contribution in [0.1, 0.15) is 45.0 Å². The van der Waals surface area contributed by atoms with Crippen molar-refractivity contribution in [2.75, 3.05) is 26.7 Å². The summed E-state index contributed by atoms with van der Waals surface area (Å²) in [6.07, 6.45) is 1.79. The van der Waals surface area contributed by atoms with Crippen LogP contribution in [0.5, 0.6) is 0 Å². The fourth-order valence-electron chi connectivity index (χ4n) is 4.27. The van der Waals surface area contributed by atoms with Crippen LogP contribution in [0, 0.1) is 0 Å². The van der Waals surface area contributed by atoms with Crippen molar-refractivity contribution in [2.45, 2.75) is 51.7 Å². The third-order valence-corrected chi connectivity index (χ3v) is 5.71. The number of nitrogens with two attached hydrogens (primary N) is 1. The van der Waals surface area contributed by atoms with Crippen LogP contribution in [-0.2, 0) is 16.1 Å². The summed E-state index contributed by atoms with van der Waals surface area (Å²) in [6, 6.07) is 8.27. The number of ether oxygens (including phenoxy) is 1. The molecule has 0 radical (unpaired) electrons. The quantitative estimate of drug-likeness (QED) is 0.636. The summed E-state index contributed by atoms with van der Waals surface area (Å²) >= 11 is 0. The second-order valence-electron chi connectivity index (χ2n) is 7.70. The van der Waals surface area contributed by atoms with Crippen molar-refractivity contribution in [3.8, 4) is 0 Å². The van der Waals surface area contributed by atoms with Crippen molar-refractivity contribution in [1.29, 1.82) is 0 Å². The van der Waals surface area contributed by atoms with Gasteiger partial charge in [0.1, 0.15) is 31.7 Å². The Labute approximate surface area is 165 Å². The Hall–Kier alpha value is -2.25. The number of para-hydroxylation sites is 1. The van der Waals surface area contributed by atoms with Gasteiger partial charge in [-0.3, -0.25) is 14.2 Å². The summed E-state index contributed by atoms with van der Waals surface area (Å²) in [4.78, 5) is 31.2. The average Bonchev–Trinajstić information content (AvgIpc) is 2.70. The largest absolute Gasteiger partial charge is 0.469 e. The van der Waals surface area contributed by atoms with Gasteiger partial charge >= 0.3 is 5.97 Å². The molecule has 1 aromatic carbocycles. The number of quaternary nitrogens is 2. The molecule has 3 atom stereocenters.